The highest BCUT2D eigenvalue weighted by Gasteiger charge is 2.21. The summed E-state index contributed by atoms with van der Waals surface area (Å²) in [7, 11) is 0. The molecule has 2 aromatic rings. The standard InChI is InChI=1S/C14H22N6/c1-3-6-15-14-18-12-11(16-9-17-12)13(19-14)20-7-4-10(2)5-8-20/h9-10H,3-8H2,1-2H3,(H2,15,16,17,18,19). The van der Waals surface area contributed by atoms with Gasteiger partial charge in [-0.3, -0.25) is 0 Å². The van der Waals surface area contributed by atoms with Crippen molar-refractivity contribution in [1.29, 1.82) is 0 Å². The van der Waals surface area contributed by atoms with Gasteiger partial charge < -0.3 is 15.2 Å². The van der Waals surface area contributed by atoms with Gasteiger partial charge in [0.1, 0.15) is 5.52 Å². The fraction of sp³-hybridized carbons (Fsp3) is 0.643. The Morgan fingerprint density at radius 1 is 1.35 bits per heavy atom. The van der Waals surface area contributed by atoms with E-state index in [1.807, 2.05) is 0 Å². The molecule has 0 aliphatic carbocycles. The number of piperidine rings is 1. The molecule has 20 heavy (non-hydrogen) atoms. The summed E-state index contributed by atoms with van der Waals surface area (Å²) in [5, 5.41) is 3.26. The lowest BCUT2D eigenvalue weighted by molar-refractivity contribution is 0.437. The molecule has 2 N–H and O–H groups in total. The van der Waals surface area contributed by atoms with E-state index in [-0.39, 0.29) is 0 Å². The molecule has 0 aromatic carbocycles. The Morgan fingerprint density at radius 3 is 2.90 bits per heavy atom. The first-order valence-electron chi connectivity index (χ1n) is 7.48. The van der Waals surface area contributed by atoms with E-state index in [0.717, 1.165) is 49.0 Å². The lowest BCUT2D eigenvalue weighted by Crippen LogP contribution is -2.33. The Balaban J connectivity index is 1.93. The van der Waals surface area contributed by atoms with Crippen LogP contribution >= 0.6 is 0 Å². The van der Waals surface area contributed by atoms with Crippen LogP contribution in [0.1, 0.15) is 33.1 Å². The van der Waals surface area contributed by atoms with E-state index >= 15 is 0 Å². The minimum atomic E-state index is 0.681. The van der Waals surface area contributed by atoms with Crippen LogP contribution in [-0.4, -0.2) is 39.6 Å². The van der Waals surface area contributed by atoms with Crippen molar-refractivity contribution in [2.75, 3.05) is 29.9 Å². The van der Waals surface area contributed by atoms with Gasteiger partial charge in [0.05, 0.1) is 6.33 Å². The van der Waals surface area contributed by atoms with E-state index in [1.54, 1.807) is 6.33 Å². The number of aromatic amines is 1. The number of aromatic nitrogens is 4. The van der Waals surface area contributed by atoms with E-state index in [2.05, 4.69) is 39.0 Å². The molecule has 0 unspecified atom stereocenters. The van der Waals surface area contributed by atoms with Crippen molar-refractivity contribution in [2.45, 2.75) is 33.1 Å². The average Bonchev–Trinajstić information content (AvgIpc) is 2.93. The van der Waals surface area contributed by atoms with Gasteiger partial charge in [0.15, 0.2) is 11.5 Å². The second-order valence-corrected chi connectivity index (χ2v) is 5.57. The van der Waals surface area contributed by atoms with Gasteiger partial charge in [-0.2, -0.15) is 9.97 Å². The third-order valence-corrected chi connectivity index (χ3v) is 3.88. The van der Waals surface area contributed by atoms with E-state index in [9.17, 15) is 0 Å². The number of H-pyrrole nitrogens is 1. The predicted octanol–water partition coefficient (Wildman–Crippen LogP) is 2.41. The predicted molar refractivity (Wildman–Crippen MR) is 81.1 cm³/mol. The number of nitrogens with zero attached hydrogens (tertiary/aromatic N) is 4. The normalized spacial score (nSPS) is 16.8. The van der Waals surface area contributed by atoms with Crippen molar-refractivity contribution in [2.24, 2.45) is 5.92 Å². The monoisotopic (exact) mass is 274 g/mol. The molecule has 0 saturated carbocycles. The molecule has 3 heterocycles. The maximum absolute atomic E-state index is 4.69. The molecule has 0 atom stereocenters. The molecule has 0 bridgehead atoms. The fourth-order valence-corrected chi connectivity index (χ4v) is 2.58. The summed E-state index contributed by atoms with van der Waals surface area (Å²) in [5.41, 5.74) is 1.69. The number of hydrogen-bond acceptors (Lipinski definition) is 5. The Morgan fingerprint density at radius 2 is 2.15 bits per heavy atom. The number of rotatable bonds is 4. The number of fused-ring (bicyclic) bond motifs is 1. The molecule has 1 fully saturated rings. The topological polar surface area (TPSA) is 69.7 Å². The van der Waals surface area contributed by atoms with Crippen LogP contribution < -0.4 is 10.2 Å². The second-order valence-electron chi connectivity index (χ2n) is 5.57. The average molecular weight is 274 g/mol. The number of anilines is 2. The Bertz CT molecular complexity index is 570. The minimum absolute atomic E-state index is 0.681. The van der Waals surface area contributed by atoms with Crippen LogP contribution in [0, 0.1) is 5.92 Å². The molecule has 0 radical (unpaired) electrons. The van der Waals surface area contributed by atoms with E-state index in [0.29, 0.717) is 5.95 Å². The van der Waals surface area contributed by atoms with Crippen LogP contribution in [0.2, 0.25) is 0 Å². The van der Waals surface area contributed by atoms with Gasteiger partial charge in [-0.25, -0.2) is 4.98 Å². The molecule has 108 valence electrons. The first-order valence-corrected chi connectivity index (χ1v) is 7.48. The van der Waals surface area contributed by atoms with E-state index < -0.39 is 0 Å². The van der Waals surface area contributed by atoms with Crippen LogP contribution in [0.15, 0.2) is 6.33 Å². The summed E-state index contributed by atoms with van der Waals surface area (Å²) in [5.74, 6) is 2.47. The van der Waals surface area contributed by atoms with Crippen molar-refractivity contribution >= 4 is 22.9 Å². The summed E-state index contributed by atoms with van der Waals surface area (Å²) in [6.07, 6.45) is 5.19. The van der Waals surface area contributed by atoms with Crippen LogP contribution in [0.4, 0.5) is 11.8 Å². The van der Waals surface area contributed by atoms with Crippen LogP contribution in [-0.2, 0) is 0 Å². The van der Waals surface area contributed by atoms with Gasteiger partial charge in [0.2, 0.25) is 5.95 Å². The van der Waals surface area contributed by atoms with E-state index in [4.69, 9.17) is 4.98 Å². The third-order valence-electron chi connectivity index (χ3n) is 3.88. The summed E-state index contributed by atoms with van der Waals surface area (Å²) < 4.78 is 0. The van der Waals surface area contributed by atoms with Gasteiger partial charge in [-0.15, -0.1) is 0 Å². The van der Waals surface area contributed by atoms with Crippen LogP contribution in [0.25, 0.3) is 11.2 Å². The maximum Gasteiger partial charge on any atom is 0.226 e. The van der Waals surface area contributed by atoms with Crippen molar-refractivity contribution in [3.8, 4) is 0 Å². The highest BCUT2D eigenvalue weighted by atomic mass is 15.3. The third kappa shape index (κ3) is 2.55. The van der Waals surface area contributed by atoms with Gasteiger partial charge in [-0.1, -0.05) is 13.8 Å². The molecule has 3 rings (SSSR count). The summed E-state index contributed by atoms with van der Waals surface area (Å²) >= 11 is 0. The minimum Gasteiger partial charge on any atom is -0.355 e. The van der Waals surface area contributed by atoms with Gasteiger partial charge in [0.25, 0.3) is 0 Å². The molecule has 0 spiro atoms. The first-order chi connectivity index (χ1) is 9.78. The summed E-state index contributed by atoms with van der Waals surface area (Å²) in [4.78, 5) is 18.9. The summed E-state index contributed by atoms with van der Waals surface area (Å²) in [6, 6.07) is 0. The van der Waals surface area contributed by atoms with Gasteiger partial charge in [-0.05, 0) is 25.2 Å². The Hall–Kier alpha value is -1.85. The molecular formula is C14H22N6. The maximum atomic E-state index is 4.69. The molecule has 2 aromatic heterocycles. The van der Waals surface area contributed by atoms with Crippen molar-refractivity contribution in [3.05, 3.63) is 6.33 Å². The molecule has 6 heteroatoms. The van der Waals surface area contributed by atoms with Gasteiger partial charge in [0, 0.05) is 19.6 Å². The number of imidazole rings is 1. The molecule has 1 aliphatic rings. The molecule has 1 aliphatic heterocycles. The quantitative estimate of drug-likeness (QED) is 0.896. The second kappa shape index (κ2) is 5.64. The molecule has 6 nitrogen and oxygen atoms in total. The molecular weight excluding hydrogens is 252 g/mol. The van der Waals surface area contributed by atoms with Crippen molar-refractivity contribution in [1.82, 2.24) is 19.9 Å². The van der Waals surface area contributed by atoms with E-state index in [1.165, 1.54) is 12.8 Å². The lowest BCUT2D eigenvalue weighted by atomic mass is 9.99. The molecule has 1 saturated heterocycles. The highest BCUT2D eigenvalue weighted by molar-refractivity contribution is 5.84. The van der Waals surface area contributed by atoms with Crippen LogP contribution in [0.5, 0.6) is 0 Å². The Kier molecular flexibility index (Phi) is 3.71. The highest BCUT2D eigenvalue weighted by Crippen LogP contribution is 2.27. The lowest BCUT2D eigenvalue weighted by Gasteiger charge is -2.31. The SMILES string of the molecule is CCCNc1nc(N2CCC(C)CC2)c2[nH]cnc2n1. The molecule has 0 amide bonds. The van der Waals surface area contributed by atoms with Crippen molar-refractivity contribution < 1.29 is 0 Å². The summed E-state index contributed by atoms with van der Waals surface area (Å²) in [6.45, 7) is 7.44. The largest absolute Gasteiger partial charge is 0.355 e. The Labute approximate surface area is 119 Å². The zero-order valence-corrected chi connectivity index (χ0v) is 12.2. The van der Waals surface area contributed by atoms with Gasteiger partial charge >= 0.3 is 0 Å². The number of hydrogen-bond donors (Lipinski definition) is 2. The smallest absolute Gasteiger partial charge is 0.226 e. The zero-order chi connectivity index (χ0) is 13.9. The van der Waals surface area contributed by atoms with Crippen LogP contribution in [0.3, 0.4) is 0 Å². The fourth-order valence-electron chi connectivity index (χ4n) is 2.58. The first kappa shape index (κ1) is 13.1. The van der Waals surface area contributed by atoms with Crippen molar-refractivity contribution in [3.63, 3.8) is 0 Å². The zero-order valence-electron chi connectivity index (χ0n) is 12.2. The number of nitrogens with one attached hydrogen (secondary N) is 2.